The van der Waals surface area contributed by atoms with Gasteiger partial charge in [0.05, 0.1) is 11.5 Å². The second kappa shape index (κ2) is 8.78. The van der Waals surface area contributed by atoms with Gasteiger partial charge in [-0.15, -0.1) is 0 Å². The Hall–Kier alpha value is -3.94. The number of carbonyl (C=O) groups is 3. The second-order valence-corrected chi connectivity index (χ2v) is 11.4. The fraction of sp³-hybridized carbons (Fsp3) is 0.281. The molecule has 0 radical (unpaired) electrons. The molecule has 2 fully saturated rings. The highest BCUT2D eigenvalue weighted by Crippen LogP contribution is 2.68. The molecule has 7 rings (SSSR count). The van der Waals surface area contributed by atoms with E-state index in [4.69, 9.17) is 16.3 Å². The molecule has 2 saturated heterocycles. The van der Waals surface area contributed by atoms with Crippen molar-refractivity contribution in [2.75, 3.05) is 23.8 Å². The normalized spacial score (nSPS) is 27.9. The molecule has 7 nitrogen and oxygen atoms in total. The number of carbonyl (C=O) groups excluding carboxylic acids is 3. The number of nitrogens with zero attached hydrogens (tertiary/aromatic N) is 1. The summed E-state index contributed by atoms with van der Waals surface area (Å²) in [6, 6.07) is 17.8. The number of para-hydroxylation sites is 2. The van der Waals surface area contributed by atoms with Crippen LogP contribution in [0, 0.1) is 12.8 Å². The maximum Gasteiger partial charge on any atom is 0.251 e. The Morgan fingerprint density at radius 2 is 1.88 bits per heavy atom. The van der Waals surface area contributed by atoms with E-state index in [0.717, 1.165) is 12.0 Å². The van der Waals surface area contributed by atoms with E-state index in [0.29, 0.717) is 51.8 Å². The van der Waals surface area contributed by atoms with Gasteiger partial charge >= 0.3 is 0 Å². The third kappa shape index (κ3) is 2.91. The molecular weight excluding hydrogens is 526 g/mol. The molecule has 4 heterocycles. The summed E-state index contributed by atoms with van der Waals surface area (Å²) in [6.45, 7) is 6.43. The monoisotopic (exact) mass is 553 g/mol. The lowest BCUT2D eigenvalue weighted by atomic mass is 9.57. The van der Waals surface area contributed by atoms with Crippen molar-refractivity contribution in [1.82, 2.24) is 4.90 Å². The average molecular weight is 554 g/mol. The predicted molar refractivity (Wildman–Crippen MR) is 153 cm³/mol. The van der Waals surface area contributed by atoms with Crippen molar-refractivity contribution in [2.24, 2.45) is 5.92 Å². The van der Waals surface area contributed by atoms with Gasteiger partial charge < -0.3 is 15.4 Å². The van der Waals surface area contributed by atoms with Gasteiger partial charge in [0.2, 0.25) is 5.91 Å². The minimum absolute atomic E-state index is 0.222. The van der Waals surface area contributed by atoms with Crippen LogP contribution in [0.2, 0.25) is 5.02 Å². The van der Waals surface area contributed by atoms with E-state index in [1.165, 1.54) is 0 Å². The molecule has 0 bridgehead atoms. The van der Waals surface area contributed by atoms with Gasteiger partial charge in [-0.2, -0.15) is 0 Å². The van der Waals surface area contributed by atoms with Crippen LogP contribution in [0.5, 0.6) is 5.75 Å². The van der Waals surface area contributed by atoms with Crippen molar-refractivity contribution in [3.05, 3.63) is 101 Å². The summed E-state index contributed by atoms with van der Waals surface area (Å²) in [5, 5.41) is 6.65. The summed E-state index contributed by atoms with van der Waals surface area (Å²) in [7, 11) is 0. The maximum atomic E-state index is 14.9. The first-order chi connectivity index (χ1) is 19.4. The molecule has 2 amide bonds. The highest BCUT2D eigenvalue weighted by molar-refractivity contribution is 6.31. The number of halogens is 1. The van der Waals surface area contributed by atoms with E-state index in [1.807, 2.05) is 37.3 Å². The van der Waals surface area contributed by atoms with Crippen molar-refractivity contribution in [3.63, 3.8) is 0 Å². The van der Waals surface area contributed by atoms with Crippen LogP contribution in [0.1, 0.15) is 39.9 Å². The lowest BCUT2D eigenvalue weighted by Gasteiger charge is -2.43. The molecule has 202 valence electrons. The molecule has 0 saturated carbocycles. The molecule has 4 aliphatic rings. The van der Waals surface area contributed by atoms with Crippen molar-refractivity contribution in [3.8, 4) is 5.75 Å². The summed E-state index contributed by atoms with van der Waals surface area (Å²) in [5.41, 5.74) is 0.752. The molecule has 4 aliphatic heterocycles. The molecule has 3 aromatic carbocycles. The average Bonchev–Trinajstić information content (AvgIpc) is 3.66. The standard InChI is InChI=1S/C32H28ClN3O4/c1-3-15-40-25-13-7-4-9-20(25)28(37)26-24-12-8-14-36(24)32(22-17-19(33)16-18(2)27(22)35-30(32)39)31(26)21-10-5-6-11-23(21)34-29(31)38/h3-7,9-11,13,16-17,24,26H,1,8,12,14-15H2,2H3,(H,34,38)(H,35,39)/t24-,26+,31-,32+/m1/s1. The van der Waals surface area contributed by atoms with Crippen LogP contribution in [0.3, 0.4) is 0 Å². The smallest absolute Gasteiger partial charge is 0.251 e. The number of aryl methyl sites for hydroxylation is 1. The second-order valence-electron chi connectivity index (χ2n) is 11.0. The number of nitrogens with one attached hydrogen (secondary N) is 2. The Kier molecular flexibility index (Phi) is 5.50. The summed E-state index contributed by atoms with van der Waals surface area (Å²) >= 11 is 6.63. The molecule has 3 aromatic rings. The lowest BCUT2D eigenvalue weighted by Crippen LogP contribution is -2.62. The number of ketones is 1. The third-order valence-electron chi connectivity index (χ3n) is 9.16. The molecule has 8 heteroatoms. The van der Waals surface area contributed by atoms with E-state index in [2.05, 4.69) is 22.1 Å². The third-order valence-corrected chi connectivity index (χ3v) is 9.38. The largest absolute Gasteiger partial charge is 0.489 e. The molecule has 40 heavy (non-hydrogen) atoms. The van der Waals surface area contributed by atoms with Crippen LogP contribution in [0.15, 0.2) is 73.3 Å². The van der Waals surface area contributed by atoms with Gasteiger partial charge in [-0.1, -0.05) is 54.6 Å². The van der Waals surface area contributed by atoms with Crippen LogP contribution >= 0.6 is 11.6 Å². The molecule has 4 atom stereocenters. The Morgan fingerprint density at radius 1 is 1.10 bits per heavy atom. The molecule has 2 N–H and O–H groups in total. The van der Waals surface area contributed by atoms with Gasteiger partial charge in [0.15, 0.2) is 5.78 Å². The first-order valence-corrected chi connectivity index (χ1v) is 13.9. The van der Waals surface area contributed by atoms with Gasteiger partial charge in [0.1, 0.15) is 23.3 Å². The zero-order valence-corrected chi connectivity index (χ0v) is 22.8. The van der Waals surface area contributed by atoms with Gasteiger partial charge in [-0.05, 0) is 67.8 Å². The van der Waals surface area contributed by atoms with Crippen LogP contribution in [0.4, 0.5) is 11.4 Å². The highest BCUT2D eigenvalue weighted by atomic mass is 35.5. The minimum Gasteiger partial charge on any atom is -0.489 e. The number of rotatable bonds is 5. The van der Waals surface area contributed by atoms with E-state index < -0.39 is 16.9 Å². The van der Waals surface area contributed by atoms with E-state index in [-0.39, 0.29) is 30.2 Å². The number of hydrogen-bond acceptors (Lipinski definition) is 5. The fourth-order valence-electron chi connectivity index (χ4n) is 7.92. The number of Topliss-reactive ketones (excluding diaryl/α,β-unsaturated/α-hetero) is 1. The maximum absolute atomic E-state index is 14.9. The fourth-order valence-corrected chi connectivity index (χ4v) is 8.20. The quantitative estimate of drug-likeness (QED) is 0.334. The Morgan fingerprint density at radius 3 is 2.70 bits per heavy atom. The van der Waals surface area contributed by atoms with Crippen molar-refractivity contribution < 1.29 is 19.1 Å². The zero-order valence-electron chi connectivity index (χ0n) is 22.0. The highest BCUT2D eigenvalue weighted by Gasteiger charge is 2.81. The summed E-state index contributed by atoms with van der Waals surface area (Å²) in [5.74, 6) is -1.32. The van der Waals surface area contributed by atoms with Crippen LogP contribution < -0.4 is 15.4 Å². The summed E-state index contributed by atoms with van der Waals surface area (Å²) in [4.78, 5) is 46.2. The van der Waals surface area contributed by atoms with E-state index in [9.17, 15) is 14.4 Å². The van der Waals surface area contributed by atoms with Gasteiger partial charge in [0.25, 0.3) is 5.91 Å². The zero-order chi connectivity index (χ0) is 27.8. The molecular formula is C32H28ClN3O4. The number of fused-ring (bicyclic) bond motifs is 7. The SMILES string of the molecule is C=CCOc1ccccc1C(=O)[C@@H]1[C@H]2CCCN2[C@@]2(C(=O)Nc3c(C)cc(Cl)cc32)[C@@]12C(=O)Nc1ccccc12. The number of hydrogen-bond donors (Lipinski definition) is 2. The summed E-state index contributed by atoms with van der Waals surface area (Å²) in [6.07, 6.45) is 3.10. The van der Waals surface area contributed by atoms with Gasteiger partial charge in [-0.3, -0.25) is 19.3 Å². The molecule has 0 unspecified atom stereocenters. The minimum atomic E-state index is -1.54. The van der Waals surface area contributed by atoms with Crippen molar-refractivity contribution >= 4 is 40.6 Å². The first-order valence-electron chi connectivity index (χ1n) is 13.5. The number of ether oxygens (including phenoxy) is 1. The molecule has 2 spiro atoms. The topological polar surface area (TPSA) is 87.7 Å². The van der Waals surface area contributed by atoms with Gasteiger partial charge in [-0.25, -0.2) is 0 Å². The van der Waals surface area contributed by atoms with Crippen LogP contribution in [-0.2, 0) is 20.5 Å². The Balaban J connectivity index is 1.57. The Labute approximate surface area is 237 Å². The number of amides is 2. The van der Waals surface area contributed by atoms with E-state index >= 15 is 0 Å². The van der Waals surface area contributed by atoms with E-state index in [1.54, 1.807) is 36.4 Å². The van der Waals surface area contributed by atoms with Gasteiger partial charge in [0, 0.05) is 28.0 Å². The van der Waals surface area contributed by atoms with Crippen molar-refractivity contribution in [1.29, 1.82) is 0 Å². The molecule has 0 aromatic heterocycles. The van der Waals surface area contributed by atoms with Crippen LogP contribution in [-0.4, -0.2) is 41.7 Å². The molecule has 0 aliphatic carbocycles. The first kappa shape index (κ1) is 25.1. The van der Waals surface area contributed by atoms with Crippen molar-refractivity contribution in [2.45, 2.75) is 36.8 Å². The summed E-state index contributed by atoms with van der Waals surface area (Å²) < 4.78 is 5.90. The van der Waals surface area contributed by atoms with Crippen LogP contribution in [0.25, 0.3) is 0 Å². The number of anilines is 2. The Bertz CT molecular complexity index is 1640. The predicted octanol–water partition coefficient (Wildman–Crippen LogP) is 5.23. The lowest BCUT2D eigenvalue weighted by molar-refractivity contribution is -0.137. The number of benzene rings is 3.